The Morgan fingerprint density at radius 1 is 1.32 bits per heavy atom. The smallest absolute Gasteiger partial charge is 0.407 e. The van der Waals surface area contributed by atoms with Gasteiger partial charge in [0, 0.05) is 31.4 Å². The molecule has 1 aromatic carbocycles. The second-order valence-corrected chi connectivity index (χ2v) is 7.84. The molecule has 1 fully saturated rings. The molecule has 0 bridgehead atoms. The minimum atomic E-state index is -0.441. The fourth-order valence-corrected chi connectivity index (χ4v) is 3.20. The van der Waals surface area contributed by atoms with E-state index in [0.717, 1.165) is 26.1 Å². The van der Waals surface area contributed by atoms with Crippen LogP contribution in [-0.2, 0) is 4.74 Å². The Bertz CT molecular complexity index is 527. The first-order valence-corrected chi connectivity index (χ1v) is 9.32. The van der Waals surface area contributed by atoms with Crippen LogP contribution in [0.5, 0.6) is 0 Å². The number of rotatable bonds is 6. The maximum absolute atomic E-state index is 11.7. The van der Waals surface area contributed by atoms with Crippen LogP contribution >= 0.6 is 0 Å². The molecule has 1 amide bonds. The molecule has 1 heterocycles. The number of alkyl carbamates (subject to hydrolysis) is 1. The van der Waals surface area contributed by atoms with E-state index < -0.39 is 5.60 Å². The number of nitrogens with one attached hydrogen (secondary N) is 1. The summed E-state index contributed by atoms with van der Waals surface area (Å²) >= 11 is 0. The van der Waals surface area contributed by atoms with Gasteiger partial charge >= 0.3 is 6.09 Å². The van der Waals surface area contributed by atoms with Gasteiger partial charge in [0.1, 0.15) is 5.60 Å². The SMILES string of the molecule is CN(CCCNC(=O)OC(C)(C)C)[C@@H]1CCCN(c2ccccc2)C1. The van der Waals surface area contributed by atoms with Crippen molar-refractivity contribution < 1.29 is 9.53 Å². The van der Waals surface area contributed by atoms with Gasteiger partial charge in [0.2, 0.25) is 0 Å². The van der Waals surface area contributed by atoms with Crippen molar-refractivity contribution in [3.8, 4) is 0 Å². The Morgan fingerprint density at radius 3 is 2.72 bits per heavy atom. The second-order valence-electron chi connectivity index (χ2n) is 7.84. The molecule has 1 aliphatic rings. The minimum absolute atomic E-state index is 0.330. The van der Waals surface area contributed by atoms with Crippen molar-refractivity contribution in [3.05, 3.63) is 30.3 Å². The molecule has 140 valence electrons. The Kier molecular flexibility index (Phi) is 7.12. The van der Waals surface area contributed by atoms with Gasteiger partial charge in [0.25, 0.3) is 0 Å². The van der Waals surface area contributed by atoms with Crippen molar-refractivity contribution in [2.75, 3.05) is 38.1 Å². The summed E-state index contributed by atoms with van der Waals surface area (Å²) in [6, 6.07) is 11.2. The van der Waals surface area contributed by atoms with E-state index in [1.165, 1.54) is 18.5 Å². The Hall–Kier alpha value is -1.75. The summed E-state index contributed by atoms with van der Waals surface area (Å²) in [5.41, 5.74) is 0.872. The molecule has 0 saturated carbocycles. The van der Waals surface area contributed by atoms with Crippen molar-refractivity contribution >= 4 is 11.8 Å². The summed E-state index contributed by atoms with van der Waals surface area (Å²) in [5.74, 6) is 0. The van der Waals surface area contributed by atoms with Gasteiger partial charge in [0.15, 0.2) is 0 Å². The normalized spacial score (nSPS) is 18.3. The number of hydrogen-bond donors (Lipinski definition) is 1. The van der Waals surface area contributed by atoms with Gasteiger partial charge in [-0.1, -0.05) is 18.2 Å². The average Bonchev–Trinajstić information content (AvgIpc) is 2.58. The monoisotopic (exact) mass is 347 g/mol. The van der Waals surface area contributed by atoms with E-state index in [-0.39, 0.29) is 6.09 Å². The predicted molar refractivity (Wildman–Crippen MR) is 103 cm³/mol. The number of carbonyl (C=O) groups excluding carboxylic acids is 1. The van der Waals surface area contributed by atoms with E-state index in [4.69, 9.17) is 4.74 Å². The number of piperidine rings is 1. The van der Waals surface area contributed by atoms with Gasteiger partial charge in [-0.05, 0) is 65.8 Å². The third-order valence-corrected chi connectivity index (χ3v) is 4.50. The van der Waals surface area contributed by atoms with Crippen LogP contribution in [-0.4, -0.2) is 55.9 Å². The highest BCUT2D eigenvalue weighted by molar-refractivity contribution is 5.67. The third kappa shape index (κ3) is 6.94. The van der Waals surface area contributed by atoms with E-state index in [0.29, 0.717) is 12.6 Å². The molecular weight excluding hydrogens is 314 g/mol. The average molecular weight is 348 g/mol. The van der Waals surface area contributed by atoms with Crippen LogP contribution in [0.15, 0.2) is 30.3 Å². The molecule has 5 heteroatoms. The molecule has 2 rings (SSSR count). The molecule has 1 aliphatic heterocycles. The zero-order valence-electron chi connectivity index (χ0n) is 16.1. The Labute approximate surface area is 152 Å². The number of benzene rings is 1. The summed E-state index contributed by atoms with van der Waals surface area (Å²) in [7, 11) is 2.19. The van der Waals surface area contributed by atoms with Gasteiger partial charge in [-0.15, -0.1) is 0 Å². The molecule has 0 radical (unpaired) electrons. The summed E-state index contributed by atoms with van der Waals surface area (Å²) < 4.78 is 5.25. The zero-order valence-corrected chi connectivity index (χ0v) is 16.1. The van der Waals surface area contributed by atoms with Crippen LogP contribution in [0.3, 0.4) is 0 Å². The van der Waals surface area contributed by atoms with Crippen LogP contribution < -0.4 is 10.2 Å². The highest BCUT2D eigenvalue weighted by Crippen LogP contribution is 2.21. The second kappa shape index (κ2) is 9.09. The van der Waals surface area contributed by atoms with Crippen LogP contribution in [0.25, 0.3) is 0 Å². The molecule has 25 heavy (non-hydrogen) atoms. The minimum Gasteiger partial charge on any atom is -0.444 e. The first-order chi connectivity index (χ1) is 11.8. The Balaban J connectivity index is 1.70. The molecule has 1 atom stereocenters. The zero-order chi connectivity index (χ0) is 18.3. The number of para-hydroxylation sites is 1. The molecule has 0 aromatic heterocycles. The summed E-state index contributed by atoms with van der Waals surface area (Å²) in [6.45, 7) is 9.46. The maximum atomic E-state index is 11.7. The first-order valence-electron chi connectivity index (χ1n) is 9.32. The van der Waals surface area contributed by atoms with Gasteiger partial charge < -0.3 is 19.9 Å². The van der Waals surface area contributed by atoms with Gasteiger partial charge in [-0.25, -0.2) is 4.79 Å². The van der Waals surface area contributed by atoms with E-state index in [1.54, 1.807) is 0 Å². The van der Waals surface area contributed by atoms with Gasteiger partial charge in [0.05, 0.1) is 0 Å². The van der Waals surface area contributed by atoms with Crippen molar-refractivity contribution in [2.45, 2.75) is 51.7 Å². The number of carbonyl (C=O) groups is 1. The van der Waals surface area contributed by atoms with E-state index in [9.17, 15) is 4.79 Å². The highest BCUT2D eigenvalue weighted by Gasteiger charge is 2.23. The van der Waals surface area contributed by atoms with E-state index >= 15 is 0 Å². The van der Waals surface area contributed by atoms with Crippen molar-refractivity contribution in [2.24, 2.45) is 0 Å². The van der Waals surface area contributed by atoms with Crippen molar-refractivity contribution in [1.29, 1.82) is 0 Å². The molecule has 0 unspecified atom stereocenters. The highest BCUT2D eigenvalue weighted by atomic mass is 16.6. The van der Waals surface area contributed by atoms with Crippen LogP contribution in [0.1, 0.15) is 40.0 Å². The van der Waals surface area contributed by atoms with E-state index in [2.05, 4.69) is 52.5 Å². The molecule has 1 saturated heterocycles. The van der Waals surface area contributed by atoms with Gasteiger partial charge in [-0.3, -0.25) is 0 Å². The quantitative estimate of drug-likeness (QED) is 0.800. The number of hydrogen-bond acceptors (Lipinski definition) is 4. The lowest BCUT2D eigenvalue weighted by atomic mass is 10.0. The van der Waals surface area contributed by atoms with Crippen molar-refractivity contribution in [1.82, 2.24) is 10.2 Å². The number of likely N-dealkylation sites (N-methyl/N-ethyl adjacent to an activating group) is 1. The largest absolute Gasteiger partial charge is 0.444 e. The topological polar surface area (TPSA) is 44.8 Å². The third-order valence-electron chi connectivity index (χ3n) is 4.50. The number of anilines is 1. The standard InChI is InChI=1S/C20H33N3O2/c1-20(2,3)25-19(24)21-13-9-14-22(4)18-12-8-15-23(16-18)17-10-6-5-7-11-17/h5-7,10-11,18H,8-9,12-16H2,1-4H3,(H,21,24)/t18-/m1/s1. The predicted octanol–water partition coefficient (Wildman–Crippen LogP) is 3.50. The van der Waals surface area contributed by atoms with Crippen molar-refractivity contribution in [3.63, 3.8) is 0 Å². The van der Waals surface area contributed by atoms with Crippen LogP contribution in [0.4, 0.5) is 10.5 Å². The lowest BCUT2D eigenvalue weighted by molar-refractivity contribution is 0.0525. The fourth-order valence-electron chi connectivity index (χ4n) is 3.20. The number of amides is 1. The van der Waals surface area contributed by atoms with Crippen LogP contribution in [0, 0.1) is 0 Å². The summed E-state index contributed by atoms with van der Waals surface area (Å²) in [4.78, 5) is 16.5. The molecule has 0 aliphatic carbocycles. The molecule has 5 nitrogen and oxygen atoms in total. The first kappa shape index (κ1) is 19.6. The molecular formula is C20H33N3O2. The molecule has 0 spiro atoms. The van der Waals surface area contributed by atoms with Gasteiger partial charge in [-0.2, -0.15) is 0 Å². The lowest BCUT2D eigenvalue weighted by Gasteiger charge is -2.39. The summed E-state index contributed by atoms with van der Waals surface area (Å²) in [6.07, 6.45) is 3.06. The molecule has 1 N–H and O–H groups in total. The maximum Gasteiger partial charge on any atom is 0.407 e. The number of nitrogens with zero attached hydrogens (tertiary/aromatic N) is 2. The lowest BCUT2D eigenvalue weighted by Crippen LogP contribution is -2.47. The number of ether oxygens (including phenoxy) is 1. The van der Waals surface area contributed by atoms with E-state index in [1.807, 2.05) is 20.8 Å². The summed E-state index contributed by atoms with van der Waals surface area (Å²) in [5, 5.41) is 2.83. The Morgan fingerprint density at radius 2 is 2.04 bits per heavy atom. The fraction of sp³-hybridized carbons (Fsp3) is 0.650. The van der Waals surface area contributed by atoms with Crippen LogP contribution in [0.2, 0.25) is 0 Å². The molecule has 1 aromatic rings.